The molecule has 0 aliphatic heterocycles. The molecular weight excluding hydrogens is 226 g/mol. The van der Waals surface area contributed by atoms with Crippen LogP contribution in [0, 0.1) is 0 Å². The van der Waals surface area contributed by atoms with E-state index in [9.17, 15) is 4.79 Å². The van der Waals surface area contributed by atoms with Crippen LogP contribution in [-0.2, 0) is 6.54 Å². The first-order valence-corrected chi connectivity index (χ1v) is 5.74. The van der Waals surface area contributed by atoms with E-state index >= 15 is 0 Å². The molecule has 0 N–H and O–H groups in total. The summed E-state index contributed by atoms with van der Waals surface area (Å²) in [6.07, 6.45) is 5.28. The van der Waals surface area contributed by atoms with Gasteiger partial charge in [0.15, 0.2) is 5.78 Å². The molecule has 0 aliphatic rings. The van der Waals surface area contributed by atoms with Gasteiger partial charge >= 0.3 is 0 Å². The monoisotopic (exact) mass is 241 g/mol. The third kappa shape index (κ3) is 2.91. The normalized spacial score (nSPS) is 10.1. The Kier molecular flexibility index (Phi) is 3.67. The summed E-state index contributed by atoms with van der Waals surface area (Å²) in [5.74, 6) is -0.0154. The van der Waals surface area contributed by atoms with Crippen LogP contribution in [0.5, 0.6) is 0 Å². The molecule has 2 rings (SSSR count). The van der Waals surface area contributed by atoms with Crippen LogP contribution in [0.1, 0.15) is 23.0 Å². The van der Waals surface area contributed by atoms with E-state index in [1.54, 1.807) is 24.7 Å². The number of pyridine rings is 2. The fraction of sp³-hybridized carbons (Fsp3) is 0.214. The summed E-state index contributed by atoms with van der Waals surface area (Å²) in [5.41, 5.74) is 2.66. The van der Waals surface area contributed by atoms with Crippen molar-refractivity contribution in [3.8, 4) is 0 Å². The second-order valence-corrected chi connectivity index (χ2v) is 4.17. The van der Waals surface area contributed by atoms with Crippen LogP contribution < -0.4 is 4.90 Å². The summed E-state index contributed by atoms with van der Waals surface area (Å²) in [7, 11) is 1.99. The quantitative estimate of drug-likeness (QED) is 0.771. The van der Waals surface area contributed by atoms with Crippen molar-refractivity contribution in [2.24, 2.45) is 0 Å². The summed E-state index contributed by atoms with van der Waals surface area (Å²) >= 11 is 0. The lowest BCUT2D eigenvalue weighted by molar-refractivity contribution is 0.101. The van der Waals surface area contributed by atoms with Crippen molar-refractivity contribution in [2.45, 2.75) is 13.5 Å². The molecule has 0 fully saturated rings. The van der Waals surface area contributed by atoms with Gasteiger partial charge in [0.05, 0.1) is 11.9 Å². The maximum absolute atomic E-state index is 11.1. The molecule has 92 valence electrons. The van der Waals surface area contributed by atoms with Gasteiger partial charge in [0.25, 0.3) is 0 Å². The van der Waals surface area contributed by atoms with Crippen LogP contribution in [0.2, 0.25) is 0 Å². The Bertz CT molecular complexity index is 522. The molecule has 2 aromatic rings. The van der Waals surface area contributed by atoms with Crippen LogP contribution in [0.15, 0.2) is 42.9 Å². The molecule has 0 bridgehead atoms. The molecule has 4 heteroatoms. The summed E-state index contributed by atoms with van der Waals surface area (Å²) < 4.78 is 0. The molecule has 0 saturated heterocycles. The van der Waals surface area contributed by atoms with Gasteiger partial charge in [0.1, 0.15) is 5.69 Å². The van der Waals surface area contributed by atoms with E-state index in [1.807, 2.05) is 25.2 Å². The molecule has 0 radical (unpaired) electrons. The number of rotatable bonds is 4. The van der Waals surface area contributed by atoms with Crippen molar-refractivity contribution < 1.29 is 4.79 Å². The molecular formula is C14H15N3O. The van der Waals surface area contributed by atoms with Gasteiger partial charge in [-0.15, -0.1) is 0 Å². The Hall–Kier alpha value is -2.23. The molecule has 0 unspecified atom stereocenters. The first-order chi connectivity index (χ1) is 8.66. The van der Waals surface area contributed by atoms with Crippen LogP contribution in [-0.4, -0.2) is 22.8 Å². The minimum atomic E-state index is -0.0154. The van der Waals surface area contributed by atoms with E-state index in [4.69, 9.17) is 0 Å². The van der Waals surface area contributed by atoms with Gasteiger partial charge in [0.2, 0.25) is 0 Å². The number of anilines is 1. The Morgan fingerprint density at radius 3 is 2.50 bits per heavy atom. The van der Waals surface area contributed by atoms with Gasteiger partial charge in [-0.2, -0.15) is 0 Å². The zero-order valence-corrected chi connectivity index (χ0v) is 10.5. The Morgan fingerprint density at radius 1 is 1.22 bits per heavy atom. The van der Waals surface area contributed by atoms with Crippen molar-refractivity contribution in [1.29, 1.82) is 0 Å². The number of carbonyl (C=O) groups is 1. The van der Waals surface area contributed by atoms with E-state index in [2.05, 4.69) is 14.9 Å². The number of carbonyl (C=O) groups excluding carboxylic acids is 1. The number of hydrogen-bond donors (Lipinski definition) is 0. The van der Waals surface area contributed by atoms with Gasteiger partial charge in [-0.25, -0.2) is 0 Å². The predicted octanol–water partition coefficient (Wildman–Crippen LogP) is 2.32. The Balaban J connectivity index is 2.09. The Labute approximate surface area is 106 Å². The number of Topliss-reactive ketones (excluding diaryl/α,β-unsaturated/α-hetero) is 1. The van der Waals surface area contributed by atoms with E-state index in [0.717, 1.165) is 12.2 Å². The maximum Gasteiger partial charge on any atom is 0.178 e. The highest BCUT2D eigenvalue weighted by atomic mass is 16.1. The topological polar surface area (TPSA) is 46.1 Å². The zero-order chi connectivity index (χ0) is 13.0. The molecule has 4 nitrogen and oxygen atoms in total. The van der Waals surface area contributed by atoms with Crippen molar-refractivity contribution >= 4 is 11.5 Å². The van der Waals surface area contributed by atoms with E-state index in [-0.39, 0.29) is 5.78 Å². The first-order valence-electron chi connectivity index (χ1n) is 5.74. The summed E-state index contributed by atoms with van der Waals surface area (Å²) in [5, 5.41) is 0. The molecule has 0 aliphatic carbocycles. The van der Waals surface area contributed by atoms with Crippen LogP contribution in [0.25, 0.3) is 0 Å². The molecule has 0 atom stereocenters. The molecule has 0 saturated carbocycles. The smallest absolute Gasteiger partial charge is 0.178 e. The van der Waals surface area contributed by atoms with E-state index in [1.165, 1.54) is 12.5 Å². The summed E-state index contributed by atoms with van der Waals surface area (Å²) in [6, 6.07) is 7.62. The minimum absolute atomic E-state index is 0.0154. The second-order valence-electron chi connectivity index (χ2n) is 4.17. The van der Waals surface area contributed by atoms with Gasteiger partial charge in [-0.1, -0.05) is 0 Å². The minimum Gasteiger partial charge on any atom is -0.369 e. The molecule has 2 heterocycles. The van der Waals surface area contributed by atoms with Crippen LogP contribution in [0.3, 0.4) is 0 Å². The fourth-order valence-corrected chi connectivity index (χ4v) is 1.67. The van der Waals surface area contributed by atoms with Crippen molar-refractivity contribution in [3.63, 3.8) is 0 Å². The third-order valence-electron chi connectivity index (χ3n) is 2.72. The largest absolute Gasteiger partial charge is 0.369 e. The second kappa shape index (κ2) is 5.40. The van der Waals surface area contributed by atoms with E-state index in [0.29, 0.717) is 5.69 Å². The molecule has 18 heavy (non-hydrogen) atoms. The lowest BCUT2D eigenvalue weighted by Gasteiger charge is -2.18. The van der Waals surface area contributed by atoms with Crippen molar-refractivity contribution in [2.75, 3.05) is 11.9 Å². The number of ketones is 1. The first kappa shape index (κ1) is 12.2. The van der Waals surface area contributed by atoms with Crippen LogP contribution in [0.4, 0.5) is 5.69 Å². The SMILES string of the molecule is CC(=O)c1ccc(N(C)Cc2ccncc2)cn1. The predicted molar refractivity (Wildman–Crippen MR) is 70.6 cm³/mol. The van der Waals surface area contributed by atoms with Gasteiger partial charge in [-0.05, 0) is 29.8 Å². The molecule has 2 aromatic heterocycles. The number of aromatic nitrogens is 2. The fourth-order valence-electron chi connectivity index (χ4n) is 1.67. The average molecular weight is 241 g/mol. The lowest BCUT2D eigenvalue weighted by atomic mass is 10.2. The summed E-state index contributed by atoms with van der Waals surface area (Å²) in [4.78, 5) is 21.3. The van der Waals surface area contributed by atoms with Gasteiger partial charge < -0.3 is 4.90 Å². The number of nitrogens with zero attached hydrogens (tertiary/aromatic N) is 3. The summed E-state index contributed by atoms with van der Waals surface area (Å²) in [6.45, 7) is 2.30. The van der Waals surface area contributed by atoms with Crippen molar-refractivity contribution in [1.82, 2.24) is 9.97 Å². The van der Waals surface area contributed by atoms with Crippen LogP contribution >= 0.6 is 0 Å². The number of hydrogen-bond acceptors (Lipinski definition) is 4. The molecule has 0 aromatic carbocycles. The average Bonchev–Trinajstić information content (AvgIpc) is 2.40. The highest BCUT2D eigenvalue weighted by molar-refractivity contribution is 5.92. The Morgan fingerprint density at radius 2 is 1.94 bits per heavy atom. The highest BCUT2D eigenvalue weighted by Crippen LogP contribution is 2.14. The maximum atomic E-state index is 11.1. The molecule has 0 amide bonds. The van der Waals surface area contributed by atoms with Crippen molar-refractivity contribution in [3.05, 3.63) is 54.1 Å². The zero-order valence-electron chi connectivity index (χ0n) is 10.5. The standard InChI is InChI=1S/C14H15N3O/c1-11(18)14-4-3-13(9-16-14)17(2)10-12-5-7-15-8-6-12/h3-9H,10H2,1-2H3. The third-order valence-corrected chi connectivity index (χ3v) is 2.72. The lowest BCUT2D eigenvalue weighted by Crippen LogP contribution is -2.16. The highest BCUT2D eigenvalue weighted by Gasteiger charge is 2.04. The van der Waals surface area contributed by atoms with Gasteiger partial charge in [-0.3, -0.25) is 14.8 Å². The van der Waals surface area contributed by atoms with E-state index < -0.39 is 0 Å². The molecule has 0 spiro atoms. The van der Waals surface area contributed by atoms with Gasteiger partial charge in [0, 0.05) is 32.9 Å².